The van der Waals surface area contributed by atoms with Crippen molar-refractivity contribution < 1.29 is 18.9 Å². The van der Waals surface area contributed by atoms with Gasteiger partial charge in [-0.1, -0.05) is 18.6 Å². The summed E-state index contributed by atoms with van der Waals surface area (Å²) in [6.45, 7) is 3.89. The largest absolute Gasteiger partial charge is 0.494 e. The van der Waals surface area contributed by atoms with Crippen LogP contribution in [0.15, 0.2) is 24.3 Å². The summed E-state index contributed by atoms with van der Waals surface area (Å²) in [7, 11) is 3.48. The third kappa shape index (κ3) is 11.1. The van der Waals surface area contributed by atoms with E-state index in [1.807, 2.05) is 12.1 Å². The predicted molar refractivity (Wildman–Crippen MR) is 93.0 cm³/mol. The van der Waals surface area contributed by atoms with Gasteiger partial charge in [-0.25, -0.2) is 0 Å². The van der Waals surface area contributed by atoms with Crippen molar-refractivity contribution >= 4 is 0 Å². The average Bonchev–Trinajstić information content (AvgIpc) is 2.58. The molecule has 0 atom stereocenters. The first kappa shape index (κ1) is 19.9. The van der Waals surface area contributed by atoms with E-state index in [1.165, 1.54) is 18.4 Å². The Balaban J connectivity index is 2.04. The summed E-state index contributed by atoms with van der Waals surface area (Å²) in [5.41, 5.74) is 1.18. The summed E-state index contributed by atoms with van der Waals surface area (Å²) in [5, 5.41) is 0. The fourth-order valence-corrected chi connectivity index (χ4v) is 2.21. The molecule has 1 rings (SSSR count). The number of benzene rings is 1. The van der Waals surface area contributed by atoms with E-state index in [1.54, 1.807) is 14.2 Å². The number of hydrogen-bond acceptors (Lipinski definition) is 4. The molecule has 0 radical (unpaired) electrons. The molecule has 0 aromatic heterocycles. The zero-order valence-electron chi connectivity index (χ0n) is 14.7. The molecule has 0 heterocycles. The van der Waals surface area contributed by atoms with Crippen molar-refractivity contribution in [1.82, 2.24) is 0 Å². The van der Waals surface area contributed by atoms with Crippen molar-refractivity contribution in [1.29, 1.82) is 0 Å². The van der Waals surface area contributed by atoms with Crippen LogP contribution in [0.4, 0.5) is 0 Å². The summed E-state index contributed by atoms with van der Waals surface area (Å²) in [4.78, 5) is 0. The zero-order valence-corrected chi connectivity index (χ0v) is 14.7. The van der Waals surface area contributed by atoms with Crippen LogP contribution in [-0.4, -0.2) is 40.6 Å². The molecule has 0 amide bonds. The monoisotopic (exact) mass is 324 g/mol. The Morgan fingerprint density at radius 1 is 0.652 bits per heavy atom. The molecule has 132 valence electrons. The van der Waals surface area contributed by atoms with Gasteiger partial charge in [0.1, 0.15) is 5.75 Å². The molecule has 23 heavy (non-hydrogen) atoms. The summed E-state index contributed by atoms with van der Waals surface area (Å²) in [5.74, 6) is 0.936. The fourth-order valence-electron chi connectivity index (χ4n) is 2.21. The minimum Gasteiger partial charge on any atom is -0.494 e. The van der Waals surface area contributed by atoms with E-state index >= 15 is 0 Å². The molecule has 0 saturated carbocycles. The predicted octanol–water partition coefficient (Wildman–Crippen LogP) is 4.22. The molecule has 4 nitrogen and oxygen atoms in total. The lowest BCUT2D eigenvalue weighted by molar-refractivity contribution is 0.108. The van der Waals surface area contributed by atoms with Crippen LogP contribution in [0, 0.1) is 0 Å². The van der Waals surface area contributed by atoms with Crippen molar-refractivity contribution in [3.63, 3.8) is 0 Å². The molecule has 4 heteroatoms. The van der Waals surface area contributed by atoms with Gasteiger partial charge in [-0.15, -0.1) is 0 Å². The Kier molecular flexibility index (Phi) is 12.6. The van der Waals surface area contributed by atoms with E-state index in [-0.39, 0.29) is 0 Å². The van der Waals surface area contributed by atoms with Crippen LogP contribution in [0.1, 0.15) is 44.1 Å². The van der Waals surface area contributed by atoms with Crippen LogP contribution in [-0.2, 0) is 20.8 Å². The number of rotatable bonds is 15. The normalized spacial score (nSPS) is 10.9. The fraction of sp³-hybridized carbons (Fsp3) is 0.684. The van der Waals surface area contributed by atoms with Crippen molar-refractivity contribution in [2.24, 2.45) is 0 Å². The molecule has 0 fully saturated rings. The molecule has 0 aliphatic heterocycles. The zero-order chi connectivity index (χ0) is 16.6. The molecule has 0 unspecified atom stereocenters. The molecular formula is C19H32O4. The first-order valence-corrected chi connectivity index (χ1v) is 8.64. The summed E-state index contributed by atoms with van der Waals surface area (Å²) in [6, 6.07) is 8.19. The summed E-state index contributed by atoms with van der Waals surface area (Å²) >= 11 is 0. The standard InChI is InChI=1S/C19H32O4/c1-20-13-5-3-4-6-16-23-19-11-9-18(10-12-19)17-22-15-8-7-14-21-2/h9-12H,3-8,13-17H2,1-2H3. The lowest BCUT2D eigenvalue weighted by atomic mass is 10.2. The Hall–Kier alpha value is -1.10. The van der Waals surface area contributed by atoms with E-state index in [0.29, 0.717) is 6.61 Å². The van der Waals surface area contributed by atoms with E-state index < -0.39 is 0 Å². The molecule has 0 spiro atoms. The topological polar surface area (TPSA) is 36.9 Å². The third-order valence-corrected chi connectivity index (χ3v) is 3.59. The summed E-state index contributed by atoms with van der Waals surface area (Å²) in [6.07, 6.45) is 6.72. The van der Waals surface area contributed by atoms with Crippen LogP contribution >= 0.6 is 0 Å². The first-order chi connectivity index (χ1) is 11.4. The summed E-state index contributed by atoms with van der Waals surface area (Å²) < 4.78 is 21.4. The van der Waals surface area contributed by atoms with E-state index in [4.69, 9.17) is 18.9 Å². The lowest BCUT2D eigenvalue weighted by Crippen LogP contribution is -1.99. The quantitative estimate of drug-likeness (QED) is 0.453. The number of methoxy groups -OCH3 is 2. The molecule has 0 bridgehead atoms. The highest BCUT2D eigenvalue weighted by molar-refractivity contribution is 5.26. The van der Waals surface area contributed by atoms with Gasteiger partial charge < -0.3 is 18.9 Å². The first-order valence-electron chi connectivity index (χ1n) is 8.64. The highest BCUT2D eigenvalue weighted by atomic mass is 16.5. The van der Waals surface area contributed by atoms with Gasteiger partial charge in [0, 0.05) is 34.0 Å². The Bertz CT molecular complexity index is 364. The third-order valence-electron chi connectivity index (χ3n) is 3.59. The van der Waals surface area contributed by atoms with Crippen LogP contribution < -0.4 is 4.74 Å². The van der Waals surface area contributed by atoms with E-state index in [0.717, 1.165) is 57.9 Å². The molecule has 1 aromatic rings. The highest BCUT2D eigenvalue weighted by Crippen LogP contribution is 2.14. The second kappa shape index (κ2) is 14.5. The number of hydrogen-bond donors (Lipinski definition) is 0. The Morgan fingerprint density at radius 2 is 1.22 bits per heavy atom. The molecule has 0 aliphatic carbocycles. The molecule has 0 aliphatic rings. The second-order valence-corrected chi connectivity index (χ2v) is 5.65. The van der Waals surface area contributed by atoms with Gasteiger partial charge in [0.15, 0.2) is 0 Å². The molecule has 0 N–H and O–H groups in total. The van der Waals surface area contributed by atoms with E-state index in [9.17, 15) is 0 Å². The van der Waals surface area contributed by atoms with Crippen LogP contribution in [0.25, 0.3) is 0 Å². The van der Waals surface area contributed by atoms with Gasteiger partial charge in [0.05, 0.1) is 13.2 Å². The Morgan fingerprint density at radius 3 is 1.87 bits per heavy atom. The van der Waals surface area contributed by atoms with Gasteiger partial charge in [-0.3, -0.25) is 0 Å². The number of unbranched alkanes of at least 4 members (excludes halogenated alkanes) is 4. The van der Waals surface area contributed by atoms with Crippen molar-refractivity contribution in [2.45, 2.75) is 45.1 Å². The maximum Gasteiger partial charge on any atom is 0.119 e. The van der Waals surface area contributed by atoms with Gasteiger partial charge >= 0.3 is 0 Å². The van der Waals surface area contributed by atoms with Gasteiger partial charge in [0.2, 0.25) is 0 Å². The smallest absolute Gasteiger partial charge is 0.119 e. The Labute approximate surface area is 141 Å². The maximum absolute atomic E-state index is 5.75. The highest BCUT2D eigenvalue weighted by Gasteiger charge is 1.97. The molecular weight excluding hydrogens is 292 g/mol. The van der Waals surface area contributed by atoms with Gasteiger partial charge in [-0.2, -0.15) is 0 Å². The van der Waals surface area contributed by atoms with Crippen molar-refractivity contribution in [3.05, 3.63) is 29.8 Å². The molecule has 0 saturated heterocycles. The lowest BCUT2D eigenvalue weighted by Gasteiger charge is -2.08. The second-order valence-electron chi connectivity index (χ2n) is 5.65. The van der Waals surface area contributed by atoms with Crippen LogP contribution in [0.5, 0.6) is 5.75 Å². The average molecular weight is 324 g/mol. The van der Waals surface area contributed by atoms with Crippen molar-refractivity contribution in [3.8, 4) is 5.75 Å². The van der Waals surface area contributed by atoms with Crippen LogP contribution in [0.2, 0.25) is 0 Å². The minimum atomic E-state index is 0.659. The van der Waals surface area contributed by atoms with E-state index in [2.05, 4.69) is 12.1 Å². The van der Waals surface area contributed by atoms with Gasteiger partial charge in [0.25, 0.3) is 0 Å². The SMILES string of the molecule is COCCCCCCOc1ccc(COCCCCOC)cc1. The maximum atomic E-state index is 5.75. The van der Waals surface area contributed by atoms with Gasteiger partial charge in [-0.05, 0) is 49.8 Å². The van der Waals surface area contributed by atoms with Crippen molar-refractivity contribution in [2.75, 3.05) is 40.6 Å². The molecule has 1 aromatic carbocycles. The van der Waals surface area contributed by atoms with Crippen LogP contribution in [0.3, 0.4) is 0 Å². The number of ether oxygens (including phenoxy) is 4. The minimum absolute atomic E-state index is 0.659.